The van der Waals surface area contributed by atoms with Crippen molar-refractivity contribution >= 4 is 33.4 Å². The lowest BCUT2D eigenvalue weighted by molar-refractivity contribution is -0.128. The van der Waals surface area contributed by atoms with E-state index in [2.05, 4.69) is 0 Å². The SMILES string of the molecule is COc1ccc(CN(C(=O)/C=C/c2ccc(Cl)cc2)C2CCS(=O)(=O)C2)cc1. The summed E-state index contributed by atoms with van der Waals surface area (Å²) in [5.41, 5.74) is 1.76. The Hall–Kier alpha value is -2.31. The Bertz CT molecular complexity index is 953. The highest BCUT2D eigenvalue weighted by molar-refractivity contribution is 7.91. The van der Waals surface area contributed by atoms with Gasteiger partial charge >= 0.3 is 0 Å². The molecular formula is C21H22ClNO4S. The molecule has 1 heterocycles. The van der Waals surface area contributed by atoms with Crippen LogP contribution in [0.5, 0.6) is 5.75 Å². The molecule has 7 heteroatoms. The van der Waals surface area contributed by atoms with E-state index in [4.69, 9.17) is 16.3 Å². The van der Waals surface area contributed by atoms with E-state index in [1.54, 1.807) is 30.2 Å². The predicted octanol–water partition coefficient (Wildman–Crippen LogP) is 3.58. The van der Waals surface area contributed by atoms with Gasteiger partial charge in [-0.1, -0.05) is 35.9 Å². The van der Waals surface area contributed by atoms with E-state index < -0.39 is 9.84 Å². The molecule has 3 rings (SSSR count). The van der Waals surface area contributed by atoms with Crippen LogP contribution in [0.15, 0.2) is 54.6 Å². The fraction of sp³-hybridized carbons (Fsp3) is 0.286. The highest BCUT2D eigenvalue weighted by Crippen LogP contribution is 2.22. The smallest absolute Gasteiger partial charge is 0.247 e. The highest BCUT2D eigenvalue weighted by atomic mass is 35.5. The van der Waals surface area contributed by atoms with Crippen LogP contribution in [0.2, 0.25) is 5.02 Å². The average Bonchev–Trinajstić information content (AvgIpc) is 3.05. The van der Waals surface area contributed by atoms with E-state index >= 15 is 0 Å². The van der Waals surface area contributed by atoms with Crippen molar-refractivity contribution in [2.45, 2.75) is 19.0 Å². The standard InChI is InChI=1S/C21H22ClNO4S/c1-27-20-9-4-17(5-10-20)14-23(19-12-13-28(25,26)15-19)21(24)11-6-16-2-7-18(22)8-3-16/h2-11,19H,12-15H2,1H3/b11-6+. The summed E-state index contributed by atoms with van der Waals surface area (Å²) in [6.07, 6.45) is 3.65. The Morgan fingerprint density at radius 1 is 1.18 bits per heavy atom. The summed E-state index contributed by atoms with van der Waals surface area (Å²) in [7, 11) is -1.51. The number of rotatable bonds is 6. The summed E-state index contributed by atoms with van der Waals surface area (Å²) < 4.78 is 29.0. The van der Waals surface area contributed by atoms with Gasteiger partial charge in [0.25, 0.3) is 0 Å². The van der Waals surface area contributed by atoms with Gasteiger partial charge in [0.2, 0.25) is 5.91 Å². The van der Waals surface area contributed by atoms with E-state index in [9.17, 15) is 13.2 Å². The Morgan fingerprint density at radius 3 is 2.43 bits per heavy atom. The molecule has 0 aliphatic carbocycles. The van der Waals surface area contributed by atoms with Crippen molar-refractivity contribution in [3.63, 3.8) is 0 Å². The molecule has 1 fully saturated rings. The molecule has 1 amide bonds. The number of hydrogen-bond donors (Lipinski definition) is 0. The van der Waals surface area contributed by atoms with Crippen molar-refractivity contribution in [1.82, 2.24) is 4.90 Å². The van der Waals surface area contributed by atoms with Gasteiger partial charge in [0.15, 0.2) is 9.84 Å². The lowest BCUT2D eigenvalue weighted by atomic mass is 10.1. The Kier molecular flexibility index (Phi) is 6.42. The second-order valence-corrected chi connectivity index (χ2v) is 9.42. The number of methoxy groups -OCH3 is 1. The summed E-state index contributed by atoms with van der Waals surface area (Å²) in [6, 6.07) is 14.2. The van der Waals surface area contributed by atoms with Crippen LogP contribution in [0.3, 0.4) is 0 Å². The third-order valence-electron chi connectivity index (χ3n) is 4.73. The third-order valence-corrected chi connectivity index (χ3v) is 6.73. The van der Waals surface area contributed by atoms with Gasteiger partial charge in [-0.15, -0.1) is 0 Å². The number of carbonyl (C=O) groups excluding carboxylic acids is 1. The fourth-order valence-corrected chi connectivity index (χ4v) is 5.03. The number of ether oxygens (including phenoxy) is 1. The zero-order valence-corrected chi connectivity index (χ0v) is 17.1. The maximum absolute atomic E-state index is 12.9. The number of hydrogen-bond acceptors (Lipinski definition) is 4. The number of benzene rings is 2. The van der Waals surface area contributed by atoms with Gasteiger partial charge in [-0.3, -0.25) is 4.79 Å². The molecule has 0 radical (unpaired) electrons. The van der Waals surface area contributed by atoms with Crippen molar-refractivity contribution in [2.24, 2.45) is 0 Å². The second-order valence-electron chi connectivity index (χ2n) is 6.76. The number of carbonyl (C=O) groups is 1. The molecule has 0 spiro atoms. The lowest BCUT2D eigenvalue weighted by Crippen LogP contribution is -2.39. The van der Waals surface area contributed by atoms with Crippen LogP contribution >= 0.6 is 11.6 Å². The summed E-state index contributed by atoms with van der Waals surface area (Å²) in [6.45, 7) is 0.341. The topological polar surface area (TPSA) is 63.7 Å². The van der Waals surface area contributed by atoms with Crippen LogP contribution in [0.1, 0.15) is 17.5 Å². The quantitative estimate of drug-likeness (QED) is 0.671. The molecule has 0 bridgehead atoms. The summed E-state index contributed by atoms with van der Waals surface area (Å²) >= 11 is 5.88. The average molecular weight is 420 g/mol. The van der Waals surface area contributed by atoms with Gasteiger partial charge in [-0.25, -0.2) is 8.42 Å². The van der Waals surface area contributed by atoms with Crippen LogP contribution in [0.4, 0.5) is 0 Å². The Morgan fingerprint density at radius 2 is 1.86 bits per heavy atom. The normalized spacial score (nSPS) is 18.3. The molecule has 148 valence electrons. The van der Waals surface area contributed by atoms with Crippen LogP contribution in [0.25, 0.3) is 6.08 Å². The number of halogens is 1. The van der Waals surface area contributed by atoms with Gasteiger partial charge in [0, 0.05) is 23.7 Å². The van der Waals surface area contributed by atoms with Gasteiger partial charge in [-0.05, 0) is 47.9 Å². The van der Waals surface area contributed by atoms with Crippen molar-refractivity contribution in [3.05, 3.63) is 70.8 Å². The maximum atomic E-state index is 12.9. The minimum Gasteiger partial charge on any atom is -0.497 e. The molecule has 0 saturated carbocycles. The van der Waals surface area contributed by atoms with Crippen LogP contribution in [-0.2, 0) is 21.2 Å². The first-order chi connectivity index (χ1) is 13.4. The van der Waals surface area contributed by atoms with E-state index in [1.807, 2.05) is 36.4 Å². The van der Waals surface area contributed by atoms with Crippen LogP contribution < -0.4 is 4.74 Å². The molecule has 0 N–H and O–H groups in total. The minimum atomic E-state index is -3.10. The first-order valence-electron chi connectivity index (χ1n) is 8.94. The zero-order chi connectivity index (χ0) is 20.1. The molecule has 1 saturated heterocycles. The van der Waals surface area contributed by atoms with Crippen LogP contribution in [-0.4, -0.2) is 43.9 Å². The van der Waals surface area contributed by atoms with Gasteiger partial charge in [0.1, 0.15) is 5.75 Å². The molecule has 5 nitrogen and oxygen atoms in total. The number of amides is 1. The molecule has 2 aromatic carbocycles. The van der Waals surface area contributed by atoms with E-state index in [0.717, 1.165) is 16.9 Å². The maximum Gasteiger partial charge on any atom is 0.247 e. The number of nitrogens with zero attached hydrogens (tertiary/aromatic N) is 1. The second kappa shape index (κ2) is 8.80. The summed E-state index contributed by atoms with van der Waals surface area (Å²) in [5, 5.41) is 0.626. The van der Waals surface area contributed by atoms with Gasteiger partial charge in [-0.2, -0.15) is 0 Å². The van der Waals surface area contributed by atoms with Crippen molar-refractivity contribution in [2.75, 3.05) is 18.6 Å². The lowest BCUT2D eigenvalue weighted by Gasteiger charge is -2.27. The number of sulfone groups is 1. The Labute approximate surface area is 170 Å². The van der Waals surface area contributed by atoms with E-state index in [-0.39, 0.29) is 23.5 Å². The predicted molar refractivity (Wildman–Crippen MR) is 111 cm³/mol. The van der Waals surface area contributed by atoms with Gasteiger partial charge in [0.05, 0.1) is 18.6 Å². The first-order valence-corrected chi connectivity index (χ1v) is 11.1. The van der Waals surface area contributed by atoms with Gasteiger partial charge < -0.3 is 9.64 Å². The Balaban J connectivity index is 1.80. The molecular weight excluding hydrogens is 398 g/mol. The van der Waals surface area contributed by atoms with Crippen LogP contribution in [0, 0.1) is 0 Å². The molecule has 1 aliphatic heterocycles. The highest BCUT2D eigenvalue weighted by Gasteiger charge is 2.34. The summed E-state index contributed by atoms with van der Waals surface area (Å²) in [4.78, 5) is 14.5. The molecule has 28 heavy (non-hydrogen) atoms. The van der Waals surface area contributed by atoms with E-state index in [1.165, 1.54) is 6.08 Å². The zero-order valence-electron chi connectivity index (χ0n) is 15.5. The van der Waals surface area contributed by atoms with E-state index in [0.29, 0.717) is 18.0 Å². The molecule has 2 aromatic rings. The third kappa shape index (κ3) is 5.36. The molecule has 0 aromatic heterocycles. The summed E-state index contributed by atoms with van der Waals surface area (Å²) in [5.74, 6) is 0.634. The molecule has 1 atom stereocenters. The monoisotopic (exact) mass is 419 g/mol. The van der Waals surface area contributed by atoms with Crippen molar-refractivity contribution in [1.29, 1.82) is 0 Å². The van der Waals surface area contributed by atoms with Crippen molar-refractivity contribution in [3.8, 4) is 5.75 Å². The first kappa shape index (κ1) is 20.4. The fourth-order valence-electron chi connectivity index (χ4n) is 3.17. The molecule has 1 unspecified atom stereocenters. The largest absolute Gasteiger partial charge is 0.497 e. The van der Waals surface area contributed by atoms with Crippen molar-refractivity contribution < 1.29 is 17.9 Å². The minimum absolute atomic E-state index is 0.00365. The molecule has 1 aliphatic rings.